The molecule has 0 atom stereocenters. The number of Topliss-reactive ketones (excluding diaryl/α,β-unsaturated/α-hetero) is 1. The first-order valence-electron chi connectivity index (χ1n) is 6.91. The molecule has 2 heterocycles. The van der Waals surface area contributed by atoms with Gasteiger partial charge in [0.1, 0.15) is 11.5 Å². The summed E-state index contributed by atoms with van der Waals surface area (Å²) >= 11 is 6.55. The first-order valence-corrected chi connectivity index (χ1v) is 8.13. The molecule has 0 bridgehead atoms. The highest BCUT2D eigenvalue weighted by atomic mass is 32.2. The Morgan fingerprint density at radius 3 is 2.48 bits per heavy atom. The van der Waals surface area contributed by atoms with Crippen LogP contribution in [0.5, 0.6) is 0 Å². The molecule has 4 nitrogen and oxygen atoms in total. The van der Waals surface area contributed by atoms with Crippen molar-refractivity contribution >= 4 is 51.8 Å². The number of nitrogens with zero attached hydrogens (tertiary/aromatic N) is 1. The number of benzene rings is 1. The lowest BCUT2D eigenvalue weighted by Gasteiger charge is -2.14. The first-order chi connectivity index (χ1) is 11.0. The van der Waals surface area contributed by atoms with E-state index in [4.69, 9.17) is 16.6 Å². The summed E-state index contributed by atoms with van der Waals surface area (Å²) in [5.41, 5.74) is 1.25. The van der Waals surface area contributed by atoms with Crippen molar-refractivity contribution in [2.45, 2.75) is 13.8 Å². The van der Waals surface area contributed by atoms with Crippen molar-refractivity contribution in [1.82, 2.24) is 0 Å². The van der Waals surface area contributed by atoms with Gasteiger partial charge in [-0.15, -0.1) is 0 Å². The molecule has 0 aliphatic carbocycles. The van der Waals surface area contributed by atoms with Crippen LogP contribution in [0.4, 0.5) is 5.69 Å². The van der Waals surface area contributed by atoms with Crippen LogP contribution in [0.2, 0.25) is 0 Å². The summed E-state index contributed by atoms with van der Waals surface area (Å²) in [6, 6.07) is 10.5. The molecule has 2 aromatic rings. The van der Waals surface area contributed by atoms with Crippen molar-refractivity contribution in [2.24, 2.45) is 0 Å². The normalized spacial score (nSPS) is 16.4. The van der Waals surface area contributed by atoms with Gasteiger partial charge in [0, 0.05) is 11.6 Å². The molecule has 1 aliphatic heterocycles. The molecule has 0 unspecified atom stereocenters. The van der Waals surface area contributed by atoms with E-state index in [1.165, 1.54) is 23.6 Å². The minimum Gasteiger partial charge on any atom is -0.462 e. The molecule has 0 radical (unpaired) electrons. The van der Waals surface area contributed by atoms with Crippen molar-refractivity contribution in [3.63, 3.8) is 0 Å². The second-order valence-corrected chi connectivity index (χ2v) is 6.74. The van der Waals surface area contributed by atoms with Crippen LogP contribution >= 0.6 is 24.0 Å². The Kier molecular flexibility index (Phi) is 4.19. The van der Waals surface area contributed by atoms with Crippen molar-refractivity contribution in [3.8, 4) is 0 Å². The summed E-state index contributed by atoms with van der Waals surface area (Å²) in [5.74, 6) is 1.20. The van der Waals surface area contributed by atoms with Crippen LogP contribution in [-0.4, -0.2) is 16.0 Å². The highest BCUT2D eigenvalue weighted by Gasteiger charge is 2.33. The summed E-state index contributed by atoms with van der Waals surface area (Å²) in [6.07, 6.45) is 1.69. The number of hydrogen-bond donors (Lipinski definition) is 0. The van der Waals surface area contributed by atoms with E-state index >= 15 is 0 Å². The van der Waals surface area contributed by atoms with Crippen molar-refractivity contribution in [3.05, 3.63) is 58.4 Å². The number of thiocarbonyl (C=S) groups is 1. The molecule has 6 heteroatoms. The topological polar surface area (TPSA) is 50.5 Å². The SMILES string of the molecule is CC(=O)c1ccc(N2C(=O)/C(=C\c3ccc(C)o3)SC2=S)cc1. The van der Waals surface area contributed by atoms with Gasteiger partial charge >= 0.3 is 0 Å². The number of thioether (sulfide) groups is 1. The van der Waals surface area contributed by atoms with E-state index in [1.54, 1.807) is 30.3 Å². The zero-order chi connectivity index (χ0) is 16.6. The lowest BCUT2D eigenvalue weighted by atomic mass is 10.1. The molecule has 1 amide bonds. The predicted octanol–water partition coefficient (Wildman–Crippen LogP) is 4.20. The standard InChI is InChI=1S/C17H13NO3S2/c1-10-3-8-14(21-10)9-15-16(20)18(17(22)23-15)13-6-4-12(5-7-13)11(2)19/h3-9H,1-2H3/b15-9+. The molecule has 3 rings (SSSR count). The third-order valence-electron chi connectivity index (χ3n) is 3.36. The Labute approximate surface area is 143 Å². The molecule has 0 N–H and O–H groups in total. The molecule has 1 aromatic heterocycles. The van der Waals surface area contributed by atoms with Crippen LogP contribution in [0.15, 0.2) is 45.7 Å². The van der Waals surface area contributed by atoms with E-state index in [-0.39, 0.29) is 11.7 Å². The maximum Gasteiger partial charge on any atom is 0.270 e. The van der Waals surface area contributed by atoms with Crippen LogP contribution in [0, 0.1) is 6.92 Å². The summed E-state index contributed by atoms with van der Waals surface area (Å²) < 4.78 is 5.93. The quantitative estimate of drug-likeness (QED) is 0.475. The number of aryl methyl sites for hydroxylation is 1. The molecular formula is C17H13NO3S2. The smallest absolute Gasteiger partial charge is 0.270 e. The minimum atomic E-state index is -0.190. The Morgan fingerprint density at radius 2 is 1.91 bits per heavy atom. The largest absolute Gasteiger partial charge is 0.462 e. The monoisotopic (exact) mass is 343 g/mol. The van der Waals surface area contributed by atoms with E-state index < -0.39 is 0 Å². The lowest BCUT2D eigenvalue weighted by Crippen LogP contribution is -2.27. The number of carbonyl (C=O) groups excluding carboxylic acids is 2. The molecule has 1 aromatic carbocycles. The zero-order valence-corrected chi connectivity index (χ0v) is 14.2. The first kappa shape index (κ1) is 15.7. The molecule has 1 aliphatic rings. The van der Waals surface area contributed by atoms with E-state index in [0.717, 1.165) is 5.76 Å². The molecule has 116 valence electrons. The second kappa shape index (κ2) is 6.14. The van der Waals surface area contributed by atoms with Crippen molar-refractivity contribution < 1.29 is 14.0 Å². The Morgan fingerprint density at radius 1 is 1.22 bits per heavy atom. The minimum absolute atomic E-state index is 0.0185. The van der Waals surface area contributed by atoms with Gasteiger partial charge in [0.2, 0.25) is 0 Å². The maximum absolute atomic E-state index is 12.6. The highest BCUT2D eigenvalue weighted by molar-refractivity contribution is 8.27. The highest BCUT2D eigenvalue weighted by Crippen LogP contribution is 2.36. The second-order valence-electron chi connectivity index (χ2n) is 5.07. The average molecular weight is 343 g/mol. The molecule has 1 fully saturated rings. The van der Waals surface area contributed by atoms with Gasteiger partial charge in [0.05, 0.1) is 10.6 Å². The van der Waals surface area contributed by atoms with E-state index in [1.807, 2.05) is 19.1 Å². The lowest BCUT2D eigenvalue weighted by molar-refractivity contribution is -0.113. The van der Waals surface area contributed by atoms with Gasteiger partial charge in [-0.25, -0.2) is 0 Å². The van der Waals surface area contributed by atoms with Crippen LogP contribution in [0.3, 0.4) is 0 Å². The number of ketones is 1. The number of rotatable bonds is 3. The molecular weight excluding hydrogens is 330 g/mol. The van der Waals surface area contributed by atoms with Crippen LogP contribution < -0.4 is 4.90 Å². The average Bonchev–Trinajstić information content (AvgIpc) is 3.03. The Balaban J connectivity index is 1.89. The fraction of sp³-hybridized carbons (Fsp3) is 0.118. The van der Waals surface area contributed by atoms with E-state index in [9.17, 15) is 9.59 Å². The van der Waals surface area contributed by atoms with Gasteiger partial charge in [0.25, 0.3) is 5.91 Å². The van der Waals surface area contributed by atoms with Gasteiger partial charge in [-0.05, 0) is 50.2 Å². The molecule has 1 saturated heterocycles. The predicted molar refractivity (Wildman–Crippen MR) is 95.5 cm³/mol. The Hall–Kier alpha value is -2.18. The number of furan rings is 1. The fourth-order valence-corrected chi connectivity index (χ4v) is 3.47. The van der Waals surface area contributed by atoms with Gasteiger partial charge in [0.15, 0.2) is 10.1 Å². The number of hydrogen-bond acceptors (Lipinski definition) is 5. The van der Waals surface area contributed by atoms with Crippen LogP contribution in [0.1, 0.15) is 28.8 Å². The van der Waals surface area contributed by atoms with Crippen molar-refractivity contribution in [1.29, 1.82) is 0 Å². The fourth-order valence-electron chi connectivity index (χ4n) is 2.20. The summed E-state index contributed by atoms with van der Waals surface area (Å²) in [5, 5.41) is 0. The summed E-state index contributed by atoms with van der Waals surface area (Å²) in [4.78, 5) is 25.9. The van der Waals surface area contributed by atoms with Crippen LogP contribution in [-0.2, 0) is 4.79 Å². The van der Waals surface area contributed by atoms with Gasteiger partial charge < -0.3 is 4.42 Å². The third-order valence-corrected chi connectivity index (χ3v) is 4.66. The Bertz CT molecular complexity index is 834. The zero-order valence-electron chi connectivity index (χ0n) is 12.5. The van der Waals surface area contributed by atoms with Crippen molar-refractivity contribution in [2.75, 3.05) is 4.90 Å². The van der Waals surface area contributed by atoms with Gasteiger partial charge in [-0.3, -0.25) is 14.5 Å². The summed E-state index contributed by atoms with van der Waals surface area (Å²) in [6.45, 7) is 3.35. The number of anilines is 1. The van der Waals surface area contributed by atoms with Crippen LogP contribution in [0.25, 0.3) is 6.08 Å². The van der Waals surface area contributed by atoms with E-state index in [0.29, 0.717) is 26.2 Å². The molecule has 0 saturated carbocycles. The third kappa shape index (κ3) is 3.13. The summed E-state index contributed by atoms with van der Waals surface area (Å²) in [7, 11) is 0. The van der Waals surface area contributed by atoms with Gasteiger partial charge in [-0.2, -0.15) is 0 Å². The van der Waals surface area contributed by atoms with E-state index in [2.05, 4.69) is 0 Å². The molecule has 0 spiro atoms. The van der Waals surface area contributed by atoms with Gasteiger partial charge in [-0.1, -0.05) is 24.0 Å². The molecule has 23 heavy (non-hydrogen) atoms. The number of amides is 1. The number of carbonyl (C=O) groups is 2. The maximum atomic E-state index is 12.6.